The summed E-state index contributed by atoms with van der Waals surface area (Å²) in [5.74, 6) is 0.0847. The van der Waals surface area contributed by atoms with Crippen LogP contribution in [0.25, 0.3) is 16.6 Å². The van der Waals surface area contributed by atoms with Gasteiger partial charge in [0.2, 0.25) is 5.91 Å². The minimum absolute atomic E-state index is 0.106. The molecule has 34 heavy (non-hydrogen) atoms. The van der Waals surface area contributed by atoms with Crippen molar-refractivity contribution in [3.8, 4) is 5.69 Å². The second kappa shape index (κ2) is 12.4. The average Bonchev–Trinajstić information content (AvgIpc) is 2.85. The molecule has 1 N–H and O–H groups in total. The van der Waals surface area contributed by atoms with E-state index < -0.39 is 0 Å². The molecule has 0 saturated carbocycles. The van der Waals surface area contributed by atoms with Crippen molar-refractivity contribution in [2.45, 2.75) is 51.1 Å². The molecule has 0 aliphatic heterocycles. The molecule has 180 valence electrons. The van der Waals surface area contributed by atoms with Gasteiger partial charge in [0.25, 0.3) is 5.56 Å². The first-order valence-electron chi connectivity index (χ1n) is 11.6. The zero-order valence-corrected chi connectivity index (χ0v) is 20.7. The molecule has 1 atom stereocenters. The van der Waals surface area contributed by atoms with Gasteiger partial charge in [-0.1, -0.05) is 49.9 Å². The first-order valence-corrected chi connectivity index (χ1v) is 12.6. The van der Waals surface area contributed by atoms with Gasteiger partial charge < -0.3 is 10.1 Å². The van der Waals surface area contributed by atoms with Crippen molar-refractivity contribution in [3.05, 3.63) is 64.4 Å². The largest absolute Gasteiger partial charge is 0.466 e. The van der Waals surface area contributed by atoms with Gasteiger partial charge in [-0.05, 0) is 55.5 Å². The first kappa shape index (κ1) is 25.5. The molecule has 1 amide bonds. The molecule has 3 rings (SSSR count). The van der Waals surface area contributed by atoms with E-state index in [1.807, 2.05) is 36.4 Å². The van der Waals surface area contributed by atoms with Gasteiger partial charge >= 0.3 is 5.97 Å². The molecule has 1 aromatic heterocycles. The highest BCUT2D eigenvalue weighted by atomic mass is 32.2. The standard InChI is InChI=1S/C26H31N3O4S/c1-4-18(3)19-12-14-20(15-13-19)29-25(32)21-9-6-7-10-22(21)28-26(29)34-17-23(30)27-16-8-11-24(31)33-5-2/h6-7,9-10,12-15,18H,4-5,8,11,16-17H2,1-3H3,(H,27,30). The molecule has 7 nitrogen and oxygen atoms in total. The van der Waals surface area contributed by atoms with Gasteiger partial charge in [-0.2, -0.15) is 0 Å². The van der Waals surface area contributed by atoms with Gasteiger partial charge in [0.05, 0.1) is 29.0 Å². The Morgan fingerprint density at radius 1 is 1.12 bits per heavy atom. The van der Waals surface area contributed by atoms with Crippen LogP contribution >= 0.6 is 11.8 Å². The number of nitrogens with zero attached hydrogens (tertiary/aromatic N) is 2. The highest BCUT2D eigenvalue weighted by molar-refractivity contribution is 7.99. The summed E-state index contributed by atoms with van der Waals surface area (Å²) in [6.45, 7) is 6.81. The summed E-state index contributed by atoms with van der Waals surface area (Å²) in [6.07, 6.45) is 1.81. The maximum absolute atomic E-state index is 13.4. The zero-order chi connectivity index (χ0) is 24.5. The molecule has 8 heteroatoms. The fraction of sp³-hybridized carbons (Fsp3) is 0.385. The third-order valence-corrected chi connectivity index (χ3v) is 6.53. The van der Waals surface area contributed by atoms with E-state index in [1.165, 1.54) is 17.3 Å². The van der Waals surface area contributed by atoms with E-state index in [0.717, 1.165) is 6.42 Å². The number of fused-ring (bicyclic) bond motifs is 1. The number of hydrogen-bond acceptors (Lipinski definition) is 6. The van der Waals surface area contributed by atoms with Gasteiger partial charge in [-0.25, -0.2) is 4.98 Å². The van der Waals surface area contributed by atoms with E-state index in [4.69, 9.17) is 4.74 Å². The predicted molar refractivity (Wildman–Crippen MR) is 136 cm³/mol. The Bertz CT molecular complexity index is 1190. The van der Waals surface area contributed by atoms with Crippen LogP contribution in [-0.2, 0) is 14.3 Å². The minimum atomic E-state index is -0.269. The summed E-state index contributed by atoms with van der Waals surface area (Å²) in [5.41, 5.74) is 2.36. The van der Waals surface area contributed by atoms with Crippen molar-refractivity contribution in [2.24, 2.45) is 0 Å². The number of para-hydroxylation sites is 1. The van der Waals surface area contributed by atoms with E-state index >= 15 is 0 Å². The lowest BCUT2D eigenvalue weighted by atomic mass is 9.98. The molecule has 0 saturated heterocycles. The maximum atomic E-state index is 13.4. The first-order chi connectivity index (χ1) is 16.4. The highest BCUT2D eigenvalue weighted by Gasteiger charge is 2.15. The van der Waals surface area contributed by atoms with Crippen LogP contribution in [-0.4, -0.2) is 40.3 Å². The van der Waals surface area contributed by atoms with Crippen LogP contribution < -0.4 is 10.9 Å². The SMILES string of the molecule is CCOC(=O)CCCNC(=O)CSc1nc2ccccc2c(=O)n1-c1ccc(C(C)CC)cc1. The summed E-state index contributed by atoms with van der Waals surface area (Å²) in [5, 5.41) is 3.79. The van der Waals surface area contributed by atoms with Gasteiger partial charge in [0, 0.05) is 13.0 Å². The summed E-state index contributed by atoms with van der Waals surface area (Å²) in [4.78, 5) is 41.8. The van der Waals surface area contributed by atoms with Crippen molar-refractivity contribution in [2.75, 3.05) is 18.9 Å². The molecule has 3 aromatic rings. The molecule has 2 aromatic carbocycles. The number of ether oxygens (including phenoxy) is 1. The highest BCUT2D eigenvalue weighted by Crippen LogP contribution is 2.24. The normalized spacial score (nSPS) is 11.9. The van der Waals surface area contributed by atoms with Crippen LogP contribution in [0.3, 0.4) is 0 Å². The molecule has 1 heterocycles. The third kappa shape index (κ3) is 6.47. The van der Waals surface area contributed by atoms with Crippen LogP contribution in [0.15, 0.2) is 58.5 Å². The number of carbonyl (C=O) groups is 2. The summed E-state index contributed by atoms with van der Waals surface area (Å²) in [7, 11) is 0. The van der Waals surface area contributed by atoms with Gasteiger partial charge in [0.15, 0.2) is 5.16 Å². The fourth-order valence-corrected chi connectivity index (χ4v) is 4.34. The van der Waals surface area contributed by atoms with Gasteiger partial charge in [0.1, 0.15) is 0 Å². The van der Waals surface area contributed by atoms with Crippen molar-refractivity contribution in [1.29, 1.82) is 0 Å². The molecule has 0 aliphatic rings. The smallest absolute Gasteiger partial charge is 0.305 e. The molecule has 0 bridgehead atoms. The molecule has 0 radical (unpaired) electrons. The quantitative estimate of drug-likeness (QED) is 0.188. The van der Waals surface area contributed by atoms with Gasteiger partial charge in [-0.15, -0.1) is 0 Å². The van der Waals surface area contributed by atoms with E-state index in [0.29, 0.717) is 47.2 Å². The Kier molecular flexibility index (Phi) is 9.27. The number of amides is 1. The predicted octanol–water partition coefficient (Wildman–Crippen LogP) is 4.45. The minimum Gasteiger partial charge on any atom is -0.466 e. The van der Waals surface area contributed by atoms with E-state index in [2.05, 4.69) is 24.1 Å². The number of aromatic nitrogens is 2. The Labute approximate surface area is 203 Å². The van der Waals surface area contributed by atoms with Crippen molar-refractivity contribution >= 4 is 34.5 Å². The number of rotatable bonds is 11. The van der Waals surface area contributed by atoms with E-state index in [1.54, 1.807) is 23.6 Å². The topological polar surface area (TPSA) is 90.3 Å². The summed E-state index contributed by atoms with van der Waals surface area (Å²) in [6, 6.07) is 15.2. The van der Waals surface area contributed by atoms with E-state index in [-0.39, 0.29) is 29.6 Å². The molecular weight excluding hydrogens is 450 g/mol. The Morgan fingerprint density at radius 3 is 2.56 bits per heavy atom. The number of nitrogens with one attached hydrogen (secondary N) is 1. The number of carbonyl (C=O) groups excluding carboxylic acids is 2. The lowest BCUT2D eigenvalue weighted by Gasteiger charge is -2.15. The Morgan fingerprint density at radius 2 is 1.85 bits per heavy atom. The van der Waals surface area contributed by atoms with Crippen LogP contribution in [0.5, 0.6) is 0 Å². The number of hydrogen-bond donors (Lipinski definition) is 1. The molecule has 0 fully saturated rings. The van der Waals surface area contributed by atoms with Gasteiger partial charge in [-0.3, -0.25) is 19.0 Å². The number of thioether (sulfide) groups is 1. The summed E-state index contributed by atoms with van der Waals surface area (Å²) < 4.78 is 6.46. The molecular formula is C26H31N3O4S. The second-order valence-electron chi connectivity index (χ2n) is 8.00. The number of benzene rings is 2. The zero-order valence-electron chi connectivity index (χ0n) is 19.9. The lowest BCUT2D eigenvalue weighted by molar-refractivity contribution is -0.143. The lowest BCUT2D eigenvalue weighted by Crippen LogP contribution is -2.27. The monoisotopic (exact) mass is 481 g/mol. The number of esters is 1. The van der Waals surface area contributed by atoms with Crippen LogP contribution in [0.2, 0.25) is 0 Å². The van der Waals surface area contributed by atoms with Crippen molar-refractivity contribution in [3.63, 3.8) is 0 Å². The molecule has 0 aliphatic carbocycles. The van der Waals surface area contributed by atoms with Crippen LogP contribution in [0.4, 0.5) is 0 Å². The van der Waals surface area contributed by atoms with Crippen LogP contribution in [0.1, 0.15) is 51.5 Å². The average molecular weight is 482 g/mol. The summed E-state index contributed by atoms with van der Waals surface area (Å²) >= 11 is 1.21. The van der Waals surface area contributed by atoms with E-state index in [9.17, 15) is 14.4 Å². The van der Waals surface area contributed by atoms with Crippen molar-refractivity contribution < 1.29 is 14.3 Å². The van der Waals surface area contributed by atoms with Crippen molar-refractivity contribution in [1.82, 2.24) is 14.9 Å². The molecule has 0 spiro atoms. The fourth-order valence-electron chi connectivity index (χ4n) is 3.50. The molecule has 1 unspecified atom stereocenters. The Balaban J connectivity index is 1.78. The van der Waals surface area contributed by atoms with Crippen LogP contribution in [0, 0.1) is 0 Å². The third-order valence-electron chi connectivity index (χ3n) is 5.60. The maximum Gasteiger partial charge on any atom is 0.305 e. The Hall–Kier alpha value is -3.13. The second-order valence-corrected chi connectivity index (χ2v) is 8.94.